The van der Waals surface area contributed by atoms with Gasteiger partial charge in [-0.15, -0.1) is 0 Å². The first kappa shape index (κ1) is 11.0. The second kappa shape index (κ2) is 4.66. The number of hydrogen-bond acceptors (Lipinski definition) is 4. The number of aromatic nitrogens is 3. The largest absolute Gasteiger partial charge is 0.326 e. The van der Waals surface area contributed by atoms with Crippen molar-refractivity contribution in [3.63, 3.8) is 0 Å². The molecule has 1 aliphatic rings. The van der Waals surface area contributed by atoms with E-state index >= 15 is 0 Å². The van der Waals surface area contributed by atoms with Crippen molar-refractivity contribution in [3.05, 3.63) is 29.7 Å². The molecule has 2 aromatic rings. The van der Waals surface area contributed by atoms with Crippen molar-refractivity contribution in [1.82, 2.24) is 14.6 Å². The van der Waals surface area contributed by atoms with Gasteiger partial charge in [0.2, 0.25) is 0 Å². The maximum atomic E-state index is 5.70. The van der Waals surface area contributed by atoms with Crippen LogP contribution in [-0.4, -0.2) is 26.1 Å². The normalized spacial score (nSPS) is 20.2. The second-order valence-electron chi connectivity index (χ2n) is 4.47. The maximum absolute atomic E-state index is 5.70. The number of hydrogen-bond donors (Lipinski definition) is 1. The van der Waals surface area contributed by atoms with Gasteiger partial charge in [0.1, 0.15) is 0 Å². The lowest BCUT2D eigenvalue weighted by atomic mass is 10.1. The Bertz CT molecular complexity index is 516. The van der Waals surface area contributed by atoms with Crippen molar-refractivity contribution in [2.24, 2.45) is 11.7 Å². The van der Waals surface area contributed by atoms with E-state index < -0.39 is 0 Å². The quantitative estimate of drug-likeness (QED) is 0.894. The number of fused-ring (bicyclic) bond motifs is 1. The molecule has 0 spiro atoms. The SMILES string of the molecule is NCc1cccn2nc(CC3CCSC3)nc12. The van der Waals surface area contributed by atoms with Gasteiger partial charge in [-0.3, -0.25) is 0 Å². The minimum atomic E-state index is 0.516. The van der Waals surface area contributed by atoms with Crippen LogP contribution in [0.25, 0.3) is 5.65 Å². The van der Waals surface area contributed by atoms with Crippen LogP contribution in [0.4, 0.5) is 0 Å². The third-order valence-electron chi connectivity index (χ3n) is 3.20. The van der Waals surface area contributed by atoms with Gasteiger partial charge in [0.25, 0.3) is 0 Å². The summed E-state index contributed by atoms with van der Waals surface area (Å²) >= 11 is 2.03. The van der Waals surface area contributed by atoms with Crippen LogP contribution in [0, 0.1) is 5.92 Å². The van der Waals surface area contributed by atoms with Crippen LogP contribution in [0.5, 0.6) is 0 Å². The molecule has 1 unspecified atom stereocenters. The summed E-state index contributed by atoms with van der Waals surface area (Å²) in [5.41, 5.74) is 7.68. The van der Waals surface area contributed by atoms with E-state index in [1.165, 1.54) is 17.9 Å². The number of nitrogens with two attached hydrogens (primary N) is 1. The summed E-state index contributed by atoms with van der Waals surface area (Å²) in [6, 6.07) is 3.98. The van der Waals surface area contributed by atoms with E-state index in [1.807, 2.05) is 34.6 Å². The molecule has 0 radical (unpaired) electrons. The van der Waals surface area contributed by atoms with Crippen LogP contribution in [0.3, 0.4) is 0 Å². The van der Waals surface area contributed by atoms with E-state index in [1.54, 1.807) is 0 Å². The standard InChI is InChI=1S/C12H16N4S/c13-7-10-2-1-4-16-12(10)14-11(15-16)6-9-3-5-17-8-9/h1-2,4,9H,3,5-8,13H2. The third kappa shape index (κ3) is 2.17. The van der Waals surface area contributed by atoms with Gasteiger partial charge in [0.15, 0.2) is 11.5 Å². The number of rotatable bonds is 3. The Morgan fingerprint density at radius 2 is 2.47 bits per heavy atom. The number of pyridine rings is 1. The molecule has 3 heterocycles. The Morgan fingerprint density at radius 3 is 3.24 bits per heavy atom. The highest BCUT2D eigenvalue weighted by atomic mass is 32.2. The molecule has 2 N–H and O–H groups in total. The molecule has 1 saturated heterocycles. The first-order valence-corrected chi connectivity index (χ1v) is 7.13. The minimum Gasteiger partial charge on any atom is -0.326 e. The fourth-order valence-electron chi connectivity index (χ4n) is 2.25. The summed E-state index contributed by atoms with van der Waals surface area (Å²) in [6.07, 6.45) is 4.23. The van der Waals surface area contributed by atoms with E-state index in [4.69, 9.17) is 5.73 Å². The Hall–Kier alpha value is -1.07. The van der Waals surface area contributed by atoms with E-state index in [-0.39, 0.29) is 0 Å². The van der Waals surface area contributed by atoms with Gasteiger partial charge in [-0.2, -0.15) is 16.9 Å². The van der Waals surface area contributed by atoms with Crippen molar-refractivity contribution < 1.29 is 0 Å². The zero-order valence-electron chi connectivity index (χ0n) is 9.67. The first-order chi connectivity index (χ1) is 8.36. The second-order valence-corrected chi connectivity index (χ2v) is 5.62. The molecule has 5 heteroatoms. The van der Waals surface area contributed by atoms with E-state index in [2.05, 4.69) is 10.1 Å². The Kier molecular flexibility index (Phi) is 3.03. The molecule has 3 rings (SSSR count). The van der Waals surface area contributed by atoms with E-state index in [0.29, 0.717) is 6.54 Å². The maximum Gasteiger partial charge on any atom is 0.160 e. The highest BCUT2D eigenvalue weighted by Crippen LogP contribution is 2.25. The van der Waals surface area contributed by atoms with Gasteiger partial charge in [-0.25, -0.2) is 9.50 Å². The van der Waals surface area contributed by atoms with Gasteiger partial charge in [-0.05, 0) is 29.9 Å². The smallest absolute Gasteiger partial charge is 0.160 e. The predicted octanol–water partition coefficient (Wildman–Crippen LogP) is 1.48. The average Bonchev–Trinajstić information content (AvgIpc) is 2.97. The average molecular weight is 248 g/mol. The fraction of sp³-hybridized carbons (Fsp3) is 0.500. The summed E-state index contributed by atoms with van der Waals surface area (Å²) in [4.78, 5) is 4.61. The Morgan fingerprint density at radius 1 is 1.53 bits per heavy atom. The van der Waals surface area contributed by atoms with Crippen LogP contribution in [0.15, 0.2) is 18.3 Å². The van der Waals surface area contributed by atoms with Gasteiger partial charge >= 0.3 is 0 Å². The zero-order chi connectivity index (χ0) is 11.7. The molecule has 2 aromatic heterocycles. The van der Waals surface area contributed by atoms with E-state index in [9.17, 15) is 0 Å². The summed E-state index contributed by atoms with van der Waals surface area (Å²) in [5, 5.41) is 4.53. The monoisotopic (exact) mass is 248 g/mol. The molecule has 0 aliphatic carbocycles. The fourth-order valence-corrected chi connectivity index (χ4v) is 3.54. The van der Waals surface area contributed by atoms with Crippen LogP contribution in [0.2, 0.25) is 0 Å². The van der Waals surface area contributed by atoms with Crippen molar-refractivity contribution in [3.8, 4) is 0 Å². The lowest BCUT2D eigenvalue weighted by Gasteiger charge is -2.02. The summed E-state index contributed by atoms with van der Waals surface area (Å²) in [7, 11) is 0. The van der Waals surface area contributed by atoms with Crippen molar-refractivity contribution in [2.75, 3.05) is 11.5 Å². The topological polar surface area (TPSA) is 56.2 Å². The van der Waals surface area contributed by atoms with Gasteiger partial charge in [0.05, 0.1) is 0 Å². The molecule has 1 aliphatic heterocycles. The van der Waals surface area contributed by atoms with Crippen LogP contribution in [-0.2, 0) is 13.0 Å². The van der Waals surface area contributed by atoms with Gasteiger partial charge in [0, 0.05) is 24.7 Å². The summed E-state index contributed by atoms with van der Waals surface area (Å²) < 4.78 is 1.85. The van der Waals surface area contributed by atoms with Crippen LogP contribution >= 0.6 is 11.8 Å². The third-order valence-corrected chi connectivity index (χ3v) is 4.43. The predicted molar refractivity (Wildman–Crippen MR) is 70.0 cm³/mol. The van der Waals surface area contributed by atoms with Gasteiger partial charge < -0.3 is 5.73 Å². The number of thioether (sulfide) groups is 1. The molecule has 0 amide bonds. The van der Waals surface area contributed by atoms with Crippen LogP contribution in [0.1, 0.15) is 17.8 Å². The highest BCUT2D eigenvalue weighted by Gasteiger charge is 2.18. The summed E-state index contributed by atoms with van der Waals surface area (Å²) in [5.74, 6) is 4.24. The summed E-state index contributed by atoms with van der Waals surface area (Å²) in [6.45, 7) is 0.516. The van der Waals surface area contributed by atoms with Crippen LogP contribution < -0.4 is 5.73 Å². The molecule has 1 fully saturated rings. The minimum absolute atomic E-state index is 0.516. The Balaban J connectivity index is 1.90. The molecule has 0 bridgehead atoms. The molecule has 0 saturated carbocycles. The van der Waals surface area contributed by atoms with Gasteiger partial charge in [-0.1, -0.05) is 6.07 Å². The first-order valence-electron chi connectivity index (χ1n) is 5.98. The Labute approximate surface area is 105 Å². The van der Waals surface area contributed by atoms with E-state index in [0.717, 1.165) is 29.4 Å². The molecule has 0 aromatic carbocycles. The number of nitrogens with zero attached hydrogens (tertiary/aromatic N) is 3. The zero-order valence-corrected chi connectivity index (χ0v) is 10.5. The molecule has 4 nitrogen and oxygen atoms in total. The van der Waals surface area contributed by atoms with Crippen molar-refractivity contribution in [1.29, 1.82) is 0 Å². The van der Waals surface area contributed by atoms with Crippen molar-refractivity contribution in [2.45, 2.75) is 19.4 Å². The van der Waals surface area contributed by atoms with Crippen molar-refractivity contribution >= 4 is 17.4 Å². The lowest BCUT2D eigenvalue weighted by molar-refractivity contribution is 0.575. The molecule has 17 heavy (non-hydrogen) atoms. The molecular weight excluding hydrogens is 232 g/mol. The molecule has 1 atom stereocenters. The lowest BCUT2D eigenvalue weighted by Crippen LogP contribution is -2.04. The molecule has 90 valence electrons. The highest BCUT2D eigenvalue weighted by molar-refractivity contribution is 7.99. The molecular formula is C12H16N4S.